The molecule has 0 saturated carbocycles. The van der Waals surface area contributed by atoms with Crippen molar-refractivity contribution in [3.05, 3.63) is 22.4 Å². The van der Waals surface area contributed by atoms with Crippen LogP contribution in [0.1, 0.15) is 43.5 Å². The highest BCUT2D eigenvalue weighted by molar-refractivity contribution is 7.08. The second kappa shape index (κ2) is 7.87. The Kier molecular flexibility index (Phi) is 6.43. The van der Waals surface area contributed by atoms with Crippen molar-refractivity contribution in [1.29, 1.82) is 0 Å². The average Bonchev–Trinajstić information content (AvgIpc) is 2.88. The van der Waals surface area contributed by atoms with Crippen LogP contribution in [-0.2, 0) is 4.79 Å². The molecule has 0 aromatic carbocycles. The van der Waals surface area contributed by atoms with Gasteiger partial charge >= 0.3 is 0 Å². The van der Waals surface area contributed by atoms with Crippen LogP contribution in [0, 0.1) is 0 Å². The largest absolute Gasteiger partial charge is 0.354 e. The molecule has 1 aromatic heterocycles. The second-order valence-corrected chi connectivity index (χ2v) is 5.03. The maximum Gasteiger partial charge on any atom is 0.252 e. The standard InChI is InChI=1S/C13H20N2O2S/c1-3-10(2)15-12(16)5-4-7-14-13(17)11-6-8-18-9-11/h6,8-10H,3-5,7H2,1-2H3,(H,14,17)(H,15,16). The smallest absolute Gasteiger partial charge is 0.252 e. The first-order valence-corrected chi connectivity index (χ1v) is 7.17. The van der Waals surface area contributed by atoms with Crippen molar-refractivity contribution in [1.82, 2.24) is 10.6 Å². The highest BCUT2D eigenvalue weighted by Gasteiger charge is 2.07. The topological polar surface area (TPSA) is 58.2 Å². The normalized spacial score (nSPS) is 11.9. The van der Waals surface area contributed by atoms with E-state index < -0.39 is 0 Å². The van der Waals surface area contributed by atoms with E-state index in [1.165, 1.54) is 11.3 Å². The Bertz CT molecular complexity index is 376. The summed E-state index contributed by atoms with van der Waals surface area (Å²) < 4.78 is 0. The van der Waals surface area contributed by atoms with Crippen molar-refractivity contribution in [3.63, 3.8) is 0 Å². The van der Waals surface area contributed by atoms with E-state index in [1.54, 1.807) is 6.07 Å². The zero-order valence-electron chi connectivity index (χ0n) is 10.9. The number of hydrogen-bond donors (Lipinski definition) is 2. The third-order valence-corrected chi connectivity index (χ3v) is 3.35. The lowest BCUT2D eigenvalue weighted by Gasteiger charge is -2.11. The maximum absolute atomic E-state index is 11.6. The molecule has 0 spiro atoms. The lowest BCUT2D eigenvalue weighted by atomic mass is 10.2. The van der Waals surface area contributed by atoms with Gasteiger partial charge in [-0.15, -0.1) is 0 Å². The predicted molar refractivity (Wildman–Crippen MR) is 73.8 cm³/mol. The minimum Gasteiger partial charge on any atom is -0.354 e. The van der Waals surface area contributed by atoms with Crippen LogP contribution in [0.15, 0.2) is 16.8 Å². The Balaban J connectivity index is 2.12. The number of amides is 2. The summed E-state index contributed by atoms with van der Waals surface area (Å²) in [5.41, 5.74) is 0.684. The molecular formula is C13H20N2O2S. The van der Waals surface area contributed by atoms with Crippen LogP contribution in [0.5, 0.6) is 0 Å². The molecule has 0 aliphatic carbocycles. The molecule has 2 amide bonds. The van der Waals surface area contributed by atoms with Gasteiger partial charge in [0.2, 0.25) is 5.91 Å². The van der Waals surface area contributed by atoms with E-state index in [0.29, 0.717) is 24.9 Å². The third kappa shape index (κ3) is 5.31. The van der Waals surface area contributed by atoms with E-state index in [1.807, 2.05) is 24.6 Å². The van der Waals surface area contributed by atoms with Gasteiger partial charge in [0.15, 0.2) is 0 Å². The summed E-state index contributed by atoms with van der Waals surface area (Å²) in [6.45, 7) is 4.55. The van der Waals surface area contributed by atoms with Crippen LogP contribution in [0.2, 0.25) is 0 Å². The highest BCUT2D eigenvalue weighted by atomic mass is 32.1. The van der Waals surface area contributed by atoms with E-state index in [0.717, 1.165) is 6.42 Å². The van der Waals surface area contributed by atoms with Crippen LogP contribution in [0.3, 0.4) is 0 Å². The molecule has 0 aliphatic heterocycles. The van der Waals surface area contributed by atoms with Crippen molar-refractivity contribution in [2.45, 2.75) is 39.2 Å². The van der Waals surface area contributed by atoms with Crippen LogP contribution in [0.4, 0.5) is 0 Å². The molecule has 1 atom stereocenters. The lowest BCUT2D eigenvalue weighted by molar-refractivity contribution is -0.121. The van der Waals surface area contributed by atoms with E-state index in [-0.39, 0.29) is 17.9 Å². The van der Waals surface area contributed by atoms with Gasteiger partial charge in [-0.3, -0.25) is 9.59 Å². The van der Waals surface area contributed by atoms with Crippen LogP contribution >= 0.6 is 11.3 Å². The number of rotatable bonds is 7. The Labute approximate surface area is 112 Å². The molecule has 1 unspecified atom stereocenters. The summed E-state index contributed by atoms with van der Waals surface area (Å²) in [6.07, 6.45) is 2.05. The van der Waals surface area contributed by atoms with Gasteiger partial charge < -0.3 is 10.6 Å². The van der Waals surface area contributed by atoms with Crippen molar-refractivity contribution < 1.29 is 9.59 Å². The van der Waals surface area contributed by atoms with Gasteiger partial charge in [-0.2, -0.15) is 11.3 Å². The summed E-state index contributed by atoms with van der Waals surface area (Å²) in [4.78, 5) is 23.0. The Morgan fingerprint density at radius 1 is 1.44 bits per heavy atom. The first kappa shape index (κ1) is 14.7. The van der Waals surface area contributed by atoms with Crippen LogP contribution in [-0.4, -0.2) is 24.4 Å². The average molecular weight is 268 g/mol. The van der Waals surface area contributed by atoms with Gasteiger partial charge in [0.05, 0.1) is 0 Å². The number of thiophene rings is 1. The maximum atomic E-state index is 11.6. The fourth-order valence-corrected chi connectivity index (χ4v) is 2.03. The quantitative estimate of drug-likeness (QED) is 0.745. The zero-order chi connectivity index (χ0) is 13.4. The van der Waals surface area contributed by atoms with Crippen molar-refractivity contribution in [2.24, 2.45) is 0 Å². The van der Waals surface area contributed by atoms with Gasteiger partial charge in [-0.1, -0.05) is 6.92 Å². The summed E-state index contributed by atoms with van der Waals surface area (Å²) >= 11 is 1.50. The monoisotopic (exact) mass is 268 g/mol. The summed E-state index contributed by atoms with van der Waals surface area (Å²) in [5, 5.41) is 9.37. The second-order valence-electron chi connectivity index (χ2n) is 4.25. The van der Waals surface area contributed by atoms with E-state index >= 15 is 0 Å². The molecule has 0 aliphatic rings. The van der Waals surface area contributed by atoms with Crippen LogP contribution in [0.25, 0.3) is 0 Å². The molecule has 1 rings (SSSR count). The molecule has 18 heavy (non-hydrogen) atoms. The molecule has 2 N–H and O–H groups in total. The van der Waals surface area contributed by atoms with Gasteiger partial charge in [0, 0.05) is 30.0 Å². The molecule has 1 aromatic rings. The molecule has 0 bridgehead atoms. The highest BCUT2D eigenvalue weighted by Crippen LogP contribution is 2.05. The van der Waals surface area contributed by atoms with Gasteiger partial charge in [-0.05, 0) is 31.2 Å². The van der Waals surface area contributed by atoms with E-state index in [2.05, 4.69) is 10.6 Å². The van der Waals surface area contributed by atoms with Gasteiger partial charge in [0.1, 0.15) is 0 Å². The van der Waals surface area contributed by atoms with Gasteiger partial charge in [0.25, 0.3) is 5.91 Å². The summed E-state index contributed by atoms with van der Waals surface area (Å²) in [7, 11) is 0. The molecule has 0 radical (unpaired) electrons. The molecular weight excluding hydrogens is 248 g/mol. The molecule has 100 valence electrons. The molecule has 0 fully saturated rings. The van der Waals surface area contributed by atoms with E-state index in [4.69, 9.17) is 0 Å². The Morgan fingerprint density at radius 3 is 2.83 bits per heavy atom. The Hall–Kier alpha value is -1.36. The van der Waals surface area contributed by atoms with Crippen molar-refractivity contribution >= 4 is 23.2 Å². The predicted octanol–water partition coefficient (Wildman–Crippen LogP) is 2.17. The zero-order valence-corrected chi connectivity index (χ0v) is 11.7. The number of nitrogens with one attached hydrogen (secondary N) is 2. The van der Waals surface area contributed by atoms with Crippen LogP contribution < -0.4 is 10.6 Å². The molecule has 4 nitrogen and oxygen atoms in total. The number of carbonyl (C=O) groups is 2. The van der Waals surface area contributed by atoms with Crippen molar-refractivity contribution in [3.8, 4) is 0 Å². The SMILES string of the molecule is CCC(C)NC(=O)CCCNC(=O)c1ccsc1. The lowest BCUT2D eigenvalue weighted by Crippen LogP contribution is -2.32. The van der Waals surface area contributed by atoms with E-state index in [9.17, 15) is 9.59 Å². The van der Waals surface area contributed by atoms with Crippen molar-refractivity contribution in [2.75, 3.05) is 6.54 Å². The summed E-state index contributed by atoms with van der Waals surface area (Å²) in [5.74, 6) is -0.0206. The third-order valence-electron chi connectivity index (χ3n) is 2.67. The fourth-order valence-electron chi connectivity index (χ4n) is 1.40. The minimum absolute atomic E-state index is 0.0501. The fraction of sp³-hybridized carbons (Fsp3) is 0.538. The first-order chi connectivity index (χ1) is 8.63. The number of hydrogen-bond acceptors (Lipinski definition) is 3. The summed E-state index contributed by atoms with van der Waals surface area (Å²) in [6, 6.07) is 2.01. The Morgan fingerprint density at radius 2 is 2.22 bits per heavy atom. The minimum atomic E-state index is -0.0708. The number of carbonyl (C=O) groups excluding carboxylic acids is 2. The van der Waals surface area contributed by atoms with Gasteiger partial charge in [-0.25, -0.2) is 0 Å². The first-order valence-electron chi connectivity index (χ1n) is 6.23. The molecule has 5 heteroatoms. The molecule has 1 heterocycles. The molecule has 0 saturated heterocycles.